The lowest BCUT2D eigenvalue weighted by Crippen LogP contribution is -2.58. The quantitative estimate of drug-likeness (QED) is 0.777. The van der Waals surface area contributed by atoms with Gasteiger partial charge in [-0.05, 0) is 43.0 Å². The van der Waals surface area contributed by atoms with Gasteiger partial charge >= 0.3 is 0 Å². The van der Waals surface area contributed by atoms with E-state index in [1.165, 1.54) is 0 Å². The van der Waals surface area contributed by atoms with Crippen LogP contribution in [0.25, 0.3) is 0 Å². The van der Waals surface area contributed by atoms with Crippen molar-refractivity contribution < 1.29 is 13.2 Å². The number of carbonyl (C=O) groups excluding carboxylic acids is 1. The first-order valence-corrected chi connectivity index (χ1v) is 11.5. The van der Waals surface area contributed by atoms with Crippen molar-refractivity contribution in [3.8, 4) is 0 Å². The number of benzene rings is 2. The summed E-state index contributed by atoms with van der Waals surface area (Å²) in [5, 5.41) is 0. The zero-order chi connectivity index (χ0) is 19.7. The van der Waals surface area contributed by atoms with Crippen molar-refractivity contribution in [1.29, 1.82) is 0 Å². The van der Waals surface area contributed by atoms with Crippen LogP contribution in [0.5, 0.6) is 0 Å². The number of carbonyl (C=O) groups is 1. The molecule has 28 heavy (non-hydrogen) atoms. The van der Waals surface area contributed by atoms with Gasteiger partial charge in [-0.2, -0.15) is 0 Å². The fraction of sp³-hybridized carbons (Fsp3) is 0.409. The largest absolute Gasteiger partial charge is 0.337 e. The average Bonchev–Trinajstić information content (AvgIpc) is 3.16. The van der Waals surface area contributed by atoms with Gasteiger partial charge in [0.15, 0.2) is 9.84 Å². The fourth-order valence-electron chi connectivity index (χ4n) is 4.33. The molecule has 0 bridgehead atoms. The molecule has 0 aromatic heterocycles. The molecule has 148 valence electrons. The molecule has 2 saturated heterocycles. The third kappa shape index (κ3) is 3.71. The third-order valence-electron chi connectivity index (χ3n) is 5.95. The Balaban J connectivity index is 1.56. The topological polar surface area (TPSA) is 57.7 Å². The number of nitrogens with zero attached hydrogens (tertiary/aromatic N) is 2. The molecule has 1 amide bonds. The lowest BCUT2D eigenvalue weighted by atomic mass is 10.0. The Morgan fingerprint density at radius 2 is 1.68 bits per heavy atom. The highest BCUT2D eigenvalue weighted by Gasteiger charge is 2.40. The average molecular weight is 399 g/mol. The molecule has 2 aromatic rings. The minimum atomic E-state index is -3.41. The van der Waals surface area contributed by atoms with Crippen LogP contribution >= 0.6 is 0 Å². The Morgan fingerprint density at radius 3 is 2.43 bits per heavy atom. The van der Waals surface area contributed by atoms with Crippen LogP contribution in [0.2, 0.25) is 0 Å². The second kappa shape index (κ2) is 7.68. The van der Waals surface area contributed by atoms with Crippen LogP contribution in [0.15, 0.2) is 59.5 Å². The fourth-order valence-corrected chi connectivity index (χ4v) is 5.76. The number of fused-ring (bicyclic) bond motifs is 1. The number of hydrogen-bond donors (Lipinski definition) is 0. The van der Waals surface area contributed by atoms with Crippen LogP contribution in [0, 0.1) is 0 Å². The second-order valence-corrected chi connectivity index (χ2v) is 9.76. The maximum absolute atomic E-state index is 12.8. The van der Waals surface area contributed by atoms with E-state index in [0.717, 1.165) is 37.1 Å². The predicted molar refractivity (Wildman–Crippen MR) is 108 cm³/mol. The van der Waals surface area contributed by atoms with Crippen molar-refractivity contribution in [1.82, 2.24) is 9.80 Å². The zero-order valence-corrected chi connectivity index (χ0v) is 16.9. The van der Waals surface area contributed by atoms with Crippen LogP contribution in [-0.2, 0) is 26.9 Å². The summed E-state index contributed by atoms with van der Waals surface area (Å²) in [6.45, 7) is 4.28. The molecule has 2 fully saturated rings. The Labute approximate surface area is 166 Å². The van der Waals surface area contributed by atoms with E-state index in [9.17, 15) is 13.2 Å². The van der Waals surface area contributed by atoms with Crippen LogP contribution < -0.4 is 0 Å². The van der Waals surface area contributed by atoms with E-state index in [4.69, 9.17) is 0 Å². The summed E-state index contributed by atoms with van der Waals surface area (Å²) in [5.74, 6) is 0.168. The molecule has 6 heteroatoms. The van der Waals surface area contributed by atoms with Crippen molar-refractivity contribution in [3.63, 3.8) is 0 Å². The molecule has 2 heterocycles. The van der Waals surface area contributed by atoms with Crippen molar-refractivity contribution in [2.75, 3.05) is 13.1 Å². The number of hydrogen-bond acceptors (Lipinski definition) is 4. The van der Waals surface area contributed by atoms with Gasteiger partial charge in [0, 0.05) is 25.7 Å². The lowest BCUT2D eigenvalue weighted by Gasteiger charge is -2.41. The molecule has 0 unspecified atom stereocenters. The number of sulfone groups is 1. The lowest BCUT2D eigenvalue weighted by molar-refractivity contribution is -0.143. The first kappa shape index (κ1) is 19.2. The Hall–Kier alpha value is -2.18. The Morgan fingerprint density at radius 1 is 1.00 bits per heavy atom. The van der Waals surface area contributed by atoms with E-state index in [0.29, 0.717) is 17.5 Å². The molecule has 0 saturated carbocycles. The third-order valence-corrected chi connectivity index (χ3v) is 7.63. The number of rotatable bonds is 5. The van der Waals surface area contributed by atoms with Crippen LogP contribution in [0.3, 0.4) is 0 Å². The summed E-state index contributed by atoms with van der Waals surface area (Å²) >= 11 is 0. The highest BCUT2D eigenvalue weighted by molar-refractivity contribution is 7.90. The minimum absolute atomic E-state index is 0.0289. The van der Waals surface area contributed by atoms with Gasteiger partial charge in [0.2, 0.25) is 5.91 Å². The van der Waals surface area contributed by atoms with E-state index >= 15 is 0 Å². The Kier molecular flexibility index (Phi) is 5.25. The molecule has 0 spiro atoms. The summed E-state index contributed by atoms with van der Waals surface area (Å²) in [6, 6.07) is 16.4. The van der Waals surface area contributed by atoms with Gasteiger partial charge in [0.05, 0.1) is 16.7 Å². The van der Waals surface area contributed by atoms with E-state index in [1.54, 1.807) is 24.3 Å². The molecule has 2 atom stereocenters. The first-order valence-electron chi connectivity index (χ1n) is 9.85. The highest BCUT2D eigenvalue weighted by atomic mass is 32.2. The standard InChI is InChI=1S/C22H26N2O3S/c1-17-22(25)24-13-7-10-20(24)15-23(17)14-18-8-5-6-9-19(18)16-28(26,27)21-11-3-2-4-12-21/h2-6,8-9,11-12,17,20H,7,10,13-16H2,1H3/t17-,20+/m0/s1. The van der Waals surface area contributed by atoms with Crippen LogP contribution in [-0.4, -0.2) is 49.3 Å². The predicted octanol–water partition coefficient (Wildman–Crippen LogP) is 2.86. The van der Waals surface area contributed by atoms with Gasteiger partial charge in [-0.15, -0.1) is 0 Å². The second-order valence-electron chi connectivity index (χ2n) is 7.77. The SMILES string of the molecule is C[C@H]1C(=O)N2CCC[C@@H]2CN1Cc1ccccc1CS(=O)(=O)c1ccccc1. The normalized spacial score (nSPS) is 23.0. The molecule has 0 N–H and O–H groups in total. The van der Waals surface area contributed by atoms with Gasteiger partial charge in [-0.25, -0.2) is 8.42 Å². The molecule has 2 aliphatic heterocycles. The van der Waals surface area contributed by atoms with Gasteiger partial charge in [-0.1, -0.05) is 42.5 Å². The molecule has 0 radical (unpaired) electrons. The monoisotopic (exact) mass is 398 g/mol. The molecule has 2 aromatic carbocycles. The van der Waals surface area contributed by atoms with Crippen molar-refractivity contribution in [2.24, 2.45) is 0 Å². The molecular formula is C22H26N2O3S. The smallest absolute Gasteiger partial charge is 0.239 e. The van der Waals surface area contributed by atoms with Crippen LogP contribution in [0.4, 0.5) is 0 Å². The zero-order valence-electron chi connectivity index (χ0n) is 16.1. The molecular weight excluding hydrogens is 372 g/mol. The van der Waals surface area contributed by atoms with Gasteiger partial charge in [-0.3, -0.25) is 9.69 Å². The molecule has 2 aliphatic rings. The first-order chi connectivity index (χ1) is 13.5. The Bertz CT molecular complexity index is 959. The van der Waals surface area contributed by atoms with Crippen molar-refractivity contribution in [3.05, 3.63) is 65.7 Å². The minimum Gasteiger partial charge on any atom is -0.337 e. The van der Waals surface area contributed by atoms with Crippen molar-refractivity contribution in [2.45, 2.75) is 49.0 Å². The molecule has 5 nitrogen and oxygen atoms in total. The van der Waals surface area contributed by atoms with Gasteiger partial charge in [0.1, 0.15) is 0 Å². The van der Waals surface area contributed by atoms with E-state index in [-0.39, 0.29) is 17.7 Å². The van der Waals surface area contributed by atoms with E-state index < -0.39 is 9.84 Å². The summed E-state index contributed by atoms with van der Waals surface area (Å²) in [4.78, 5) is 17.3. The maximum Gasteiger partial charge on any atom is 0.239 e. The molecule has 0 aliphatic carbocycles. The molecule has 4 rings (SSSR count). The number of piperazine rings is 1. The van der Waals surface area contributed by atoms with Gasteiger partial charge < -0.3 is 4.90 Å². The summed E-state index contributed by atoms with van der Waals surface area (Å²) in [5.41, 5.74) is 1.79. The van der Waals surface area contributed by atoms with E-state index in [2.05, 4.69) is 4.90 Å². The highest BCUT2D eigenvalue weighted by Crippen LogP contribution is 2.28. The summed E-state index contributed by atoms with van der Waals surface area (Å²) in [7, 11) is -3.41. The van der Waals surface area contributed by atoms with Gasteiger partial charge in [0.25, 0.3) is 0 Å². The summed E-state index contributed by atoms with van der Waals surface area (Å²) in [6.07, 6.45) is 2.13. The number of amides is 1. The van der Waals surface area contributed by atoms with Crippen LogP contribution in [0.1, 0.15) is 30.9 Å². The maximum atomic E-state index is 12.8. The van der Waals surface area contributed by atoms with E-state index in [1.807, 2.05) is 42.2 Å². The van der Waals surface area contributed by atoms with Crippen molar-refractivity contribution >= 4 is 15.7 Å². The summed E-state index contributed by atoms with van der Waals surface area (Å²) < 4.78 is 25.7.